The van der Waals surface area contributed by atoms with Crippen LogP contribution in [0.1, 0.15) is 17.0 Å². The molecule has 0 saturated heterocycles. The predicted molar refractivity (Wildman–Crippen MR) is 114 cm³/mol. The highest BCUT2D eigenvalue weighted by Gasteiger charge is 2.35. The Hall–Kier alpha value is -3.74. The highest BCUT2D eigenvalue weighted by atomic mass is 16.5. The van der Waals surface area contributed by atoms with Crippen molar-refractivity contribution in [1.82, 2.24) is 4.90 Å². The Morgan fingerprint density at radius 3 is 1.90 bits per heavy atom. The second-order valence-corrected chi connectivity index (χ2v) is 6.88. The van der Waals surface area contributed by atoms with Crippen LogP contribution in [0.5, 0.6) is 11.5 Å². The quantitative estimate of drug-likeness (QED) is 0.632. The van der Waals surface area contributed by atoms with Gasteiger partial charge in [0, 0.05) is 18.9 Å². The maximum absolute atomic E-state index is 12.7. The third-order valence-corrected chi connectivity index (χ3v) is 5.03. The summed E-state index contributed by atoms with van der Waals surface area (Å²) in [5.41, 5.74) is 2.35. The maximum Gasteiger partial charge on any atom is 0.336 e. The summed E-state index contributed by atoms with van der Waals surface area (Å²) in [7, 11) is 5.80. The van der Waals surface area contributed by atoms with Crippen LogP contribution in [-0.4, -0.2) is 45.3 Å². The normalized spacial score (nSPS) is 13.7. The number of hydrogen-bond acceptors (Lipinski definition) is 7. The van der Waals surface area contributed by atoms with Crippen molar-refractivity contribution in [3.8, 4) is 11.5 Å². The van der Waals surface area contributed by atoms with Crippen LogP contribution >= 0.6 is 0 Å². The van der Waals surface area contributed by atoms with E-state index in [2.05, 4.69) is 0 Å². The van der Waals surface area contributed by atoms with E-state index in [0.29, 0.717) is 23.4 Å². The molecule has 0 aromatic heterocycles. The van der Waals surface area contributed by atoms with Gasteiger partial charge in [-0.2, -0.15) is 0 Å². The minimum absolute atomic E-state index is 0.326. The van der Waals surface area contributed by atoms with E-state index in [1.165, 1.54) is 14.2 Å². The van der Waals surface area contributed by atoms with E-state index in [1.807, 2.05) is 36.4 Å². The molecule has 7 nitrogen and oxygen atoms in total. The van der Waals surface area contributed by atoms with Crippen molar-refractivity contribution in [2.24, 2.45) is 0 Å². The average Bonchev–Trinajstić information content (AvgIpc) is 2.82. The fourth-order valence-corrected chi connectivity index (χ4v) is 3.50. The summed E-state index contributed by atoms with van der Waals surface area (Å²) in [4.78, 5) is 27.2. The Bertz CT molecular complexity index is 975. The first kappa shape index (κ1) is 22.0. The van der Waals surface area contributed by atoms with Crippen LogP contribution in [0.2, 0.25) is 0 Å². The molecule has 2 aromatic rings. The number of rotatable bonds is 7. The van der Waals surface area contributed by atoms with Crippen LogP contribution in [0, 0.1) is 0 Å². The van der Waals surface area contributed by atoms with Crippen molar-refractivity contribution < 1.29 is 28.5 Å². The molecule has 1 aliphatic rings. The van der Waals surface area contributed by atoms with Crippen LogP contribution in [-0.2, 0) is 25.6 Å². The molecule has 0 saturated carbocycles. The van der Waals surface area contributed by atoms with Crippen molar-refractivity contribution in [1.29, 1.82) is 0 Å². The van der Waals surface area contributed by atoms with Crippen LogP contribution in [0.4, 0.5) is 0 Å². The lowest BCUT2D eigenvalue weighted by Gasteiger charge is -2.30. The molecule has 0 unspecified atom stereocenters. The third kappa shape index (κ3) is 4.88. The molecule has 1 heterocycles. The Kier molecular flexibility index (Phi) is 6.97. The number of nitrogens with zero attached hydrogens (tertiary/aromatic N) is 1. The molecule has 0 amide bonds. The lowest BCUT2D eigenvalue weighted by Crippen LogP contribution is -2.28. The van der Waals surface area contributed by atoms with Crippen molar-refractivity contribution in [2.75, 3.05) is 28.4 Å². The molecule has 31 heavy (non-hydrogen) atoms. The Labute approximate surface area is 181 Å². The van der Waals surface area contributed by atoms with E-state index in [4.69, 9.17) is 18.9 Å². The number of carbonyl (C=O) groups excluding carboxylic acids is 2. The zero-order valence-corrected chi connectivity index (χ0v) is 18.0. The van der Waals surface area contributed by atoms with Gasteiger partial charge in [-0.1, -0.05) is 24.3 Å². The average molecular weight is 423 g/mol. The molecule has 0 aliphatic carbocycles. The summed E-state index contributed by atoms with van der Waals surface area (Å²) in [6.45, 7) is 0.440. The van der Waals surface area contributed by atoms with Crippen LogP contribution in [0.15, 0.2) is 72.1 Å². The number of esters is 2. The van der Waals surface area contributed by atoms with Gasteiger partial charge in [-0.3, -0.25) is 0 Å². The van der Waals surface area contributed by atoms with Crippen LogP contribution in [0.25, 0.3) is 0 Å². The molecule has 3 rings (SSSR count). The highest BCUT2D eigenvalue weighted by molar-refractivity contribution is 5.98. The van der Waals surface area contributed by atoms with E-state index in [-0.39, 0.29) is 0 Å². The van der Waals surface area contributed by atoms with Gasteiger partial charge >= 0.3 is 11.9 Å². The van der Waals surface area contributed by atoms with Crippen molar-refractivity contribution in [2.45, 2.75) is 12.5 Å². The Morgan fingerprint density at radius 2 is 1.39 bits per heavy atom. The molecule has 0 N–H and O–H groups in total. The summed E-state index contributed by atoms with van der Waals surface area (Å²) in [6.07, 6.45) is 3.40. The first-order valence-electron chi connectivity index (χ1n) is 9.63. The third-order valence-electron chi connectivity index (χ3n) is 5.03. The minimum Gasteiger partial charge on any atom is -0.497 e. The monoisotopic (exact) mass is 423 g/mol. The van der Waals surface area contributed by atoms with Gasteiger partial charge in [0.15, 0.2) is 0 Å². The van der Waals surface area contributed by atoms with Gasteiger partial charge in [0.05, 0.1) is 45.5 Å². The van der Waals surface area contributed by atoms with Gasteiger partial charge < -0.3 is 23.8 Å². The smallest absolute Gasteiger partial charge is 0.336 e. The fraction of sp³-hybridized carbons (Fsp3) is 0.250. The molecule has 0 fully saturated rings. The second kappa shape index (κ2) is 9.84. The molecule has 1 aliphatic heterocycles. The van der Waals surface area contributed by atoms with E-state index in [0.717, 1.165) is 16.9 Å². The molecule has 2 aromatic carbocycles. The van der Waals surface area contributed by atoms with Gasteiger partial charge in [0.25, 0.3) is 0 Å². The molecule has 0 radical (unpaired) electrons. The summed E-state index contributed by atoms with van der Waals surface area (Å²) in [5.74, 6) is -0.338. The van der Waals surface area contributed by atoms with Gasteiger partial charge in [-0.15, -0.1) is 0 Å². The summed E-state index contributed by atoms with van der Waals surface area (Å²) in [5, 5.41) is 0. The fourth-order valence-electron chi connectivity index (χ4n) is 3.50. The van der Waals surface area contributed by atoms with Crippen LogP contribution in [0.3, 0.4) is 0 Å². The number of methoxy groups -OCH3 is 4. The van der Waals surface area contributed by atoms with E-state index < -0.39 is 17.9 Å². The zero-order valence-electron chi connectivity index (χ0n) is 18.0. The molecule has 0 atom stereocenters. The Morgan fingerprint density at radius 1 is 0.806 bits per heavy atom. The zero-order chi connectivity index (χ0) is 22.4. The first-order valence-corrected chi connectivity index (χ1v) is 9.63. The second-order valence-electron chi connectivity index (χ2n) is 6.88. The summed E-state index contributed by atoms with van der Waals surface area (Å²) in [6, 6.07) is 14.8. The van der Waals surface area contributed by atoms with Crippen molar-refractivity contribution >= 4 is 11.9 Å². The molecular formula is C24H25NO6. The molecule has 7 heteroatoms. The number of ether oxygens (including phenoxy) is 4. The van der Waals surface area contributed by atoms with Crippen molar-refractivity contribution in [3.63, 3.8) is 0 Å². The van der Waals surface area contributed by atoms with E-state index >= 15 is 0 Å². The highest BCUT2D eigenvalue weighted by Crippen LogP contribution is 2.38. The molecule has 162 valence electrons. The topological polar surface area (TPSA) is 74.3 Å². The largest absolute Gasteiger partial charge is 0.497 e. The van der Waals surface area contributed by atoms with Gasteiger partial charge in [-0.25, -0.2) is 9.59 Å². The van der Waals surface area contributed by atoms with Crippen molar-refractivity contribution in [3.05, 3.63) is 83.2 Å². The predicted octanol–water partition coefficient (Wildman–Crippen LogP) is 3.42. The maximum atomic E-state index is 12.7. The number of hydrogen-bond donors (Lipinski definition) is 0. The summed E-state index contributed by atoms with van der Waals surface area (Å²) < 4.78 is 20.6. The SMILES string of the molecule is COC(=O)C1=CN(Cc2ccc(OC)cc2)C=C(C(=O)OC)C1c1cccc(OC)c1. The molecular weight excluding hydrogens is 398 g/mol. The number of benzene rings is 2. The minimum atomic E-state index is -0.651. The summed E-state index contributed by atoms with van der Waals surface area (Å²) >= 11 is 0. The van der Waals surface area contributed by atoms with Gasteiger partial charge in [0.2, 0.25) is 0 Å². The van der Waals surface area contributed by atoms with Gasteiger partial charge in [-0.05, 0) is 35.4 Å². The lowest BCUT2D eigenvalue weighted by atomic mass is 9.83. The Balaban J connectivity index is 2.05. The van der Waals surface area contributed by atoms with E-state index in [1.54, 1.807) is 43.7 Å². The standard InChI is InChI=1S/C24H25NO6/c1-28-18-10-8-16(9-11-18)13-25-14-20(23(26)30-3)22(21(15-25)24(27)31-4)17-6-5-7-19(12-17)29-2/h5-12,14-15,22H,13H2,1-4H3. The molecule has 0 bridgehead atoms. The lowest BCUT2D eigenvalue weighted by molar-refractivity contribution is -0.137. The van der Waals surface area contributed by atoms with E-state index in [9.17, 15) is 9.59 Å². The van der Waals surface area contributed by atoms with Gasteiger partial charge in [0.1, 0.15) is 11.5 Å². The molecule has 0 spiro atoms. The first-order chi connectivity index (χ1) is 15.0. The number of carbonyl (C=O) groups is 2. The van der Waals surface area contributed by atoms with Crippen LogP contribution < -0.4 is 9.47 Å².